The van der Waals surface area contributed by atoms with Gasteiger partial charge in [0.1, 0.15) is 12.6 Å². The fraction of sp³-hybridized carbons (Fsp3) is 0.500. The molecule has 1 fully saturated rings. The predicted molar refractivity (Wildman–Crippen MR) is 120 cm³/mol. The lowest BCUT2D eigenvalue weighted by Crippen LogP contribution is -2.44. The van der Waals surface area contributed by atoms with Crippen LogP contribution in [0.2, 0.25) is 0 Å². The van der Waals surface area contributed by atoms with Crippen LogP contribution < -0.4 is 5.32 Å². The maximum absolute atomic E-state index is 13.1. The van der Waals surface area contributed by atoms with Gasteiger partial charge in [-0.1, -0.05) is 50.3 Å². The molecule has 8 nitrogen and oxygen atoms in total. The number of nitrogens with one attached hydrogen (secondary N) is 1. The molecule has 1 aliphatic rings. The SMILES string of the molecule is CC(=C[C@H](C(C)C)N(C)C(=O)CNC=O)C(=O)N1CCC[C@H]1C(=O)OCc1ccccc1. The monoisotopic (exact) mass is 443 g/mol. The average molecular weight is 444 g/mol. The molecule has 8 heteroatoms. The second-order valence-corrected chi connectivity index (χ2v) is 8.34. The lowest BCUT2D eigenvalue weighted by atomic mass is 9.99. The Morgan fingerprint density at radius 2 is 1.94 bits per heavy atom. The molecule has 0 aliphatic carbocycles. The zero-order valence-corrected chi connectivity index (χ0v) is 19.2. The third kappa shape index (κ3) is 6.67. The first-order valence-corrected chi connectivity index (χ1v) is 10.9. The van der Waals surface area contributed by atoms with E-state index in [-0.39, 0.29) is 36.9 Å². The summed E-state index contributed by atoms with van der Waals surface area (Å²) < 4.78 is 5.46. The number of rotatable bonds is 10. The number of likely N-dealkylation sites (tertiary alicyclic amines) is 1. The second-order valence-electron chi connectivity index (χ2n) is 8.34. The van der Waals surface area contributed by atoms with E-state index in [1.54, 1.807) is 24.9 Å². The van der Waals surface area contributed by atoms with Gasteiger partial charge in [-0.25, -0.2) is 4.79 Å². The van der Waals surface area contributed by atoms with Crippen molar-refractivity contribution in [3.63, 3.8) is 0 Å². The van der Waals surface area contributed by atoms with Gasteiger partial charge in [0.05, 0.1) is 12.6 Å². The molecule has 3 amide bonds. The highest BCUT2D eigenvalue weighted by Gasteiger charge is 2.36. The van der Waals surface area contributed by atoms with Gasteiger partial charge < -0.3 is 19.9 Å². The Labute approximate surface area is 189 Å². The van der Waals surface area contributed by atoms with Gasteiger partial charge in [-0.2, -0.15) is 0 Å². The van der Waals surface area contributed by atoms with Gasteiger partial charge >= 0.3 is 5.97 Å². The Bertz CT molecular complexity index is 837. The molecule has 1 N–H and O–H groups in total. The van der Waals surface area contributed by atoms with Gasteiger partial charge in [0.2, 0.25) is 18.2 Å². The van der Waals surface area contributed by atoms with Crippen molar-refractivity contribution in [1.29, 1.82) is 0 Å². The van der Waals surface area contributed by atoms with Crippen molar-refractivity contribution in [2.45, 2.75) is 52.3 Å². The maximum Gasteiger partial charge on any atom is 0.329 e. The zero-order valence-electron chi connectivity index (χ0n) is 19.2. The largest absolute Gasteiger partial charge is 0.459 e. The first-order valence-electron chi connectivity index (χ1n) is 10.9. The van der Waals surface area contributed by atoms with Crippen molar-refractivity contribution in [2.75, 3.05) is 20.1 Å². The smallest absolute Gasteiger partial charge is 0.329 e. The number of amides is 3. The van der Waals surface area contributed by atoms with Crippen LogP contribution in [0.15, 0.2) is 42.0 Å². The zero-order chi connectivity index (χ0) is 23.7. The van der Waals surface area contributed by atoms with Gasteiger partial charge in [0.25, 0.3) is 0 Å². The van der Waals surface area contributed by atoms with Crippen LogP contribution >= 0.6 is 0 Å². The number of benzene rings is 1. The van der Waals surface area contributed by atoms with Crippen molar-refractivity contribution in [3.8, 4) is 0 Å². The Hall–Kier alpha value is -3.16. The molecule has 0 unspecified atom stereocenters. The van der Waals surface area contributed by atoms with Crippen molar-refractivity contribution in [3.05, 3.63) is 47.5 Å². The van der Waals surface area contributed by atoms with Crippen molar-refractivity contribution in [1.82, 2.24) is 15.1 Å². The standard InChI is InChI=1S/C24H33N3O5/c1-17(2)21(26(4)22(29)14-25-16-28)13-18(3)23(30)27-12-8-11-20(27)24(31)32-15-19-9-6-5-7-10-19/h5-7,9-10,13,16-17,20-21H,8,11-12,14-15H2,1-4H3,(H,25,28)/t20-,21+/m0/s1. The molecule has 1 saturated heterocycles. The second kappa shape index (κ2) is 12.0. The van der Waals surface area contributed by atoms with Crippen LogP contribution in [0.4, 0.5) is 0 Å². The Morgan fingerprint density at radius 3 is 2.56 bits per heavy atom. The minimum atomic E-state index is -0.608. The Kier molecular flexibility index (Phi) is 9.43. The van der Waals surface area contributed by atoms with Crippen LogP contribution in [0.1, 0.15) is 39.2 Å². The van der Waals surface area contributed by atoms with E-state index in [9.17, 15) is 19.2 Å². The van der Waals surface area contributed by atoms with Crippen LogP contribution in [0.25, 0.3) is 0 Å². The lowest BCUT2D eigenvalue weighted by molar-refractivity contribution is -0.153. The maximum atomic E-state index is 13.1. The lowest BCUT2D eigenvalue weighted by Gasteiger charge is -2.30. The summed E-state index contributed by atoms with van der Waals surface area (Å²) in [5, 5.41) is 2.37. The van der Waals surface area contributed by atoms with E-state index in [0.29, 0.717) is 24.9 Å². The summed E-state index contributed by atoms with van der Waals surface area (Å²) in [6.07, 6.45) is 3.53. The number of ether oxygens (including phenoxy) is 1. The molecule has 1 aromatic rings. The molecular formula is C24H33N3O5. The number of hydrogen-bond acceptors (Lipinski definition) is 5. The molecule has 0 bridgehead atoms. The molecule has 2 atom stereocenters. The molecular weight excluding hydrogens is 410 g/mol. The van der Waals surface area contributed by atoms with Gasteiger partial charge in [-0.3, -0.25) is 14.4 Å². The van der Waals surface area contributed by atoms with E-state index in [1.165, 1.54) is 4.90 Å². The van der Waals surface area contributed by atoms with E-state index in [1.807, 2.05) is 44.2 Å². The molecule has 1 aliphatic heterocycles. The topological polar surface area (TPSA) is 96.0 Å². The average Bonchev–Trinajstić information content (AvgIpc) is 3.28. The normalized spacial score (nSPS) is 17.1. The minimum Gasteiger partial charge on any atom is -0.459 e. The van der Waals surface area contributed by atoms with Gasteiger partial charge in [-0.15, -0.1) is 0 Å². The fourth-order valence-electron chi connectivity index (χ4n) is 3.81. The summed E-state index contributed by atoms with van der Waals surface area (Å²) in [5.74, 6) is -0.842. The summed E-state index contributed by atoms with van der Waals surface area (Å²) in [6.45, 7) is 6.16. The summed E-state index contributed by atoms with van der Waals surface area (Å²) >= 11 is 0. The number of likely N-dealkylation sites (N-methyl/N-ethyl adjacent to an activating group) is 1. The summed E-state index contributed by atoms with van der Waals surface area (Å²) in [6, 6.07) is 8.48. The van der Waals surface area contributed by atoms with Crippen molar-refractivity contribution in [2.24, 2.45) is 5.92 Å². The Balaban J connectivity index is 2.07. The van der Waals surface area contributed by atoms with Crippen LogP contribution in [-0.4, -0.2) is 66.2 Å². The third-order valence-corrected chi connectivity index (χ3v) is 5.63. The van der Waals surface area contributed by atoms with E-state index in [4.69, 9.17) is 4.74 Å². The highest BCUT2D eigenvalue weighted by Crippen LogP contribution is 2.22. The molecule has 0 saturated carbocycles. The van der Waals surface area contributed by atoms with Crippen LogP contribution in [-0.2, 0) is 30.5 Å². The predicted octanol–water partition coefficient (Wildman–Crippen LogP) is 1.90. The first kappa shape index (κ1) is 25.1. The molecule has 0 spiro atoms. The van der Waals surface area contributed by atoms with E-state index in [2.05, 4.69) is 5.32 Å². The Morgan fingerprint density at radius 1 is 1.25 bits per heavy atom. The van der Waals surface area contributed by atoms with Crippen LogP contribution in [0.5, 0.6) is 0 Å². The summed E-state index contributed by atoms with van der Waals surface area (Å²) in [4.78, 5) is 51.7. The summed E-state index contributed by atoms with van der Waals surface area (Å²) in [5.41, 5.74) is 1.36. The fourth-order valence-corrected chi connectivity index (χ4v) is 3.81. The molecule has 1 heterocycles. The first-order chi connectivity index (χ1) is 15.3. The van der Waals surface area contributed by atoms with E-state index < -0.39 is 12.0 Å². The van der Waals surface area contributed by atoms with Crippen LogP contribution in [0.3, 0.4) is 0 Å². The van der Waals surface area contributed by atoms with E-state index in [0.717, 1.165) is 12.0 Å². The molecule has 2 rings (SSSR count). The van der Waals surface area contributed by atoms with Crippen molar-refractivity contribution < 1.29 is 23.9 Å². The quantitative estimate of drug-likeness (QED) is 0.339. The van der Waals surface area contributed by atoms with Gasteiger partial charge in [-0.05, 0) is 31.2 Å². The highest BCUT2D eigenvalue weighted by molar-refractivity contribution is 5.96. The molecule has 0 aromatic heterocycles. The van der Waals surface area contributed by atoms with Crippen molar-refractivity contribution >= 4 is 24.2 Å². The van der Waals surface area contributed by atoms with E-state index >= 15 is 0 Å². The molecule has 174 valence electrons. The number of esters is 1. The number of carbonyl (C=O) groups excluding carboxylic acids is 4. The minimum absolute atomic E-state index is 0.0492. The van der Waals surface area contributed by atoms with Gasteiger partial charge in [0, 0.05) is 19.2 Å². The molecule has 1 aromatic carbocycles. The molecule has 32 heavy (non-hydrogen) atoms. The number of hydrogen-bond donors (Lipinski definition) is 1. The van der Waals surface area contributed by atoms with Gasteiger partial charge in [0.15, 0.2) is 0 Å². The highest BCUT2D eigenvalue weighted by atomic mass is 16.5. The third-order valence-electron chi connectivity index (χ3n) is 5.63. The number of carbonyl (C=O) groups is 4. The number of nitrogens with zero attached hydrogens (tertiary/aromatic N) is 2. The molecule has 0 radical (unpaired) electrons. The van der Waals surface area contributed by atoms with Crippen LogP contribution in [0, 0.1) is 5.92 Å². The summed E-state index contributed by atoms with van der Waals surface area (Å²) in [7, 11) is 1.65.